The van der Waals surface area contributed by atoms with Gasteiger partial charge < -0.3 is 18.6 Å². The Balaban J connectivity index is 1.79. The number of benzene rings is 2. The van der Waals surface area contributed by atoms with Gasteiger partial charge in [-0.1, -0.05) is 38.1 Å². The molecule has 4 rings (SSSR count). The molecule has 6 nitrogen and oxygen atoms in total. The van der Waals surface area contributed by atoms with Gasteiger partial charge in [-0.25, -0.2) is 9.59 Å². The zero-order valence-corrected chi connectivity index (χ0v) is 17.2. The minimum absolute atomic E-state index is 0.221. The van der Waals surface area contributed by atoms with E-state index in [9.17, 15) is 9.59 Å². The molecule has 2 aromatic carbocycles. The van der Waals surface area contributed by atoms with Gasteiger partial charge in [-0.2, -0.15) is 0 Å². The largest absolute Gasteiger partial charge is 0.493 e. The predicted octanol–water partition coefficient (Wildman–Crippen LogP) is 4.28. The first-order chi connectivity index (χ1) is 14.5. The van der Waals surface area contributed by atoms with Crippen molar-refractivity contribution in [1.29, 1.82) is 0 Å². The maximum atomic E-state index is 12.9. The lowest BCUT2D eigenvalue weighted by molar-refractivity contribution is -0.151. The van der Waals surface area contributed by atoms with E-state index in [0.29, 0.717) is 34.8 Å². The summed E-state index contributed by atoms with van der Waals surface area (Å²) in [4.78, 5) is 25.5. The summed E-state index contributed by atoms with van der Waals surface area (Å²) in [6.45, 7) is 6.72. The van der Waals surface area contributed by atoms with Gasteiger partial charge in [0.25, 0.3) is 0 Å². The van der Waals surface area contributed by atoms with E-state index in [0.717, 1.165) is 11.3 Å². The van der Waals surface area contributed by atoms with Crippen LogP contribution in [-0.2, 0) is 9.53 Å². The fourth-order valence-electron chi connectivity index (χ4n) is 3.66. The van der Waals surface area contributed by atoms with Crippen LogP contribution in [0, 0.1) is 5.92 Å². The second kappa shape index (κ2) is 8.22. The average molecular weight is 408 g/mol. The number of carbonyl (C=O) groups is 1. The van der Waals surface area contributed by atoms with E-state index in [1.165, 1.54) is 0 Å². The molecule has 0 saturated carbocycles. The lowest BCUT2D eigenvalue weighted by atomic mass is 9.88. The number of carbonyl (C=O) groups excluding carboxylic acids is 1. The van der Waals surface area contributed by atoms with Crippen molar-refractivity contribution in [2.75, 3.05) is 13.2 Å². The van der Waals surface area contributed by atoms with Gasteiger partial charge in [-0.05, 0) is 42.7 Å². The van der Waals surface area contributed by atoms with Gasteiger partial charge >= 0.3 is 11.6 Å². The summed E-state index contributed by atoms with van der Waals surface area (Å²) in [7, 11) is 0. The molecule has 0 spiro atoms. The molecule has 0 bridgehead atoms. The number of hydrogen-bond donors (Lipinski definition) is 0. The first-order valence-electron chi connectivity index (χ1n) is 10.1. The zero-order valence-electron chi connectivity index (χ0n) is 17.2. The van der Waals surface area contributed by atoms with E-state index in [1.807, 2.05) is 36.4 Å². The van der Waals surface area contributed by atoms with Crippen molar-refractivity contribution >= 4 is 16.9 Å². The van der Waals surface area contributed by atoms with E-state index < -0.39 is 23.6 Å². The fourth-order valence-corrected chi connectivity index (χ4v) is 3.66. The summed E-state index contributed by atoms with van der Waals surface area (Å²) >= 11 is 0. The molecule has 0 saturated heterocycles. The van der Waals surface area contributed by atoms with Gasteiger partial charge in [0.15, 0.2) is 0 Å². The van der Waals surface area contributed by atoms with Crippen LogP contribution in [0.25, 0.3) is 11.0 Å². The standard InChI is InChI=1S/C24H24O6/c1-4-27-24(26)22-19(15-9-11-16(12-10-15)28-13-14(2)3)20-21(30-22)17-7-5-6-8-18(17)29-23(20)25/h5-12,14,19,22H,4,13H2,1-3H3/t19-,22+/m1/s1. The normalized spacial score (nSPS) is 17.6. The Morgan fingerprint density at radius 1 is 1.10 bits per heavy atom. The van der Waals surface area contributed by atoms with E-state index in [4.69, 9.17) is 18.6 Å². The smallest absolute Gasteiger partial charge is 0.348 e. The van der Waals surface area contributed by atoms with Crippen LogP contribution >= 0.6 is 0 Å². The molecule has 3 aromatic rings. The third kappa shape index (κ3) is 3.65. The van der Waals surface area contributed by atoms with Crippen molar-refractivity contribution in [1.82, 2.24) is 0 Å². The summed E-state index contributed by atoms with van der Waals surface area (Å²) in [5, 5.41) is 0.654. The highest BCUT2D eigenvalue weighted by Crippen LogP contribution is 2.44. The Morgan fingerprint density at radius 2 is 1.83 bits per heavy atom. The van der Waals surface area contributed by atoms with Crippen LogP contribution in [-0.4, -0.2) is 25.3 Å². The molecular formula is C24H24O6. The molecule has 1 aliphatic heterocycles. The fraction of sp³-hybridized carbons (Fsp3) is 0.333. The summed E-state index contributed by atoms with van der Waals surface area (Å²) in [5.74, 6) is 0.377. The average Bonchev–Trinajstić information content (AvgIpc) is 3.14. The molecule has 156 valence electrons. The van der Waals surface area contributed by atoms with E-state index >= 15 is 0 Å². The summed E-state index contributed by atoms with van der Waals surface area (Å²) in [6, 6.07) is 14.5. The first kappa shape index (κ1) is 20.0. The van der Waals surface area contributed by atoms with Crippen LogP contribution in [0.5, 0.6) is 11.5 Å². The molecule has 0 radical (unpaired) electrons. The van der Waals surface area contributed by atoms with Crippen molar-refractivity contribution in [3.05, 3.63) is 70.1 Å². The molecule has 30 heavy (non-hydrogen) atoms. The predicted molar refractivity (Wildman–Crippen MR) is 112 cm³/mol. The highest BCUT2D eigenvalue weighted by molar-refractivity contribution is 5.88. The van der Waals surface area contributed by atoms with Crippen molar-refractivity contribution in [2.24, 2.45) is 5.92 Å². The monoisotopic (exact) mass is 408 g/mol. The Kier molecular flexibility index (Phi) is 5.48. The minimum atomic E-state index is -0.962. The number of ether oxygens (including phenoxy) is 3. The Morgan fingerprint density at radius 3 is 2.53 bits per heavy atom. The van der Waals surface area contributed by atoms with Gasteiger partial charge in [0.05, 0.1) is 30.1 Å². The second-order valence-electron chi connectivity index (χ2n) is 7.67. The Bertz CT molecular complexity index is 1110. The van der Waals surface area contributed by atoms with Crippen LogP contribution < -0.4 is 15.1 Å². The molecule has 6 heteroatoms. The number of para-hydroxylation sites is 1. The molecule has 0 amide bonds. The second-order valence-corrected chi connectivity index (χ2v) is 7.67. The number of fused-ring (bicyclic) bond motifs is 3. The van der Waals surface area contributed by atoms with Crippen molar-refractivity contribution in [2.45, 2.75) is 32.8 Å². The van der Waals surface area contributed by atoms with Gasteiger partial charge in [-0.15, -0.1) is 0 Å². The van der Waals surface area contributed by atoms with E-state index in [2.05, 4.69) is 13.8 Å². The molecule has 0 fully saturated rings. The summed E-state index contributed by atoms with van der Waals surface area (Å²) in [5.41, 5.74) is 0.997. The SMILES string of the molecule is CCOC(=O)[C@H]1Oc2c(c(=O)oc3ccccc23)[C@H]1c1ccc(OCC(C)C)cc1. The summed E-state index contributed by atoms with van der Waals surface area (Å²) < 4.78 is 22.5. The number of rotatable bonds is 6. The summed E-state index contributed by atoms with van der Waals surface area (Å²) in [6.07, 6.45) is -0.962. The van der Waals surface area contributed by atoms with Crippen LogP contribution in [0.4, 0.5) is 0 Å². The maximum Gasteiger partial charge on any atom is 0.348 e. The van der Waals surface area contributed by atoms with Crippen LogP contribution in [0.2, 0.25) is 0 Å². The quantitative estimate of drug-likeness (QED) is 0.448. The number of hydrogen-bond acceptors (Lipinski definition) is 6. The van der Waals surface area contributed by atoms with Crippen LogP contribution in [0.1, 0.15) is 37.8 Å². The Hall–Kier alpha value is -3.28. The van der Waals surface area contributed by atoms with Gasteiger partial charge in [0.2, 0.25) is 6.10 Å². The molecular weight excluding hydrogens is 384 g/mol. The third-order valence-electron chi connectivity index (χ3n) is 5.00. The third-order valence-corrected chi connectivity index (χ3v) is 5.00. The molecule has 0 aliphatic carbocycles. The van der Waals surface area contributed by atoms with E-state index in [-0.39, 0.29) is 6.61 Å². The van der Waals surface area contributed by atoms with Crippen LogP contribution in [0.3, 0.4) is 0 Å². The minimum Gasteiger partial charge on any atom is -0.493 e. The molecule has 0 unspecified atom stereocenters. The highest BCUT2D eigenvalue weighted by Gasteiger charge is 2.45. The Labute approximate surface area is 174 Å². The lowest BCUT2D eigenvalue weighted by Crippen LogP contribution is -2.32. The molecule has 2 heterocycles. The zero-order chi connectivity index (χ0) is 21.3. The maximum absolute atomic E-state index is 12.9. The van der Waals surface area contributed by atoms with Crippen molar-refractivity contribution in [3.63, 3.8) is 0 Å². The topological polar surface area (TPSA) is 75.0 Å². The highest BCUT2D eigenvalue weighted by atomic mass is 16.6. The van der Waals surface area contributed by atoms with Crippen molar-refractivity contribution < 1.29 is 23.4 Å². The number of esters is 1. The first-order valence-corrected chi connectivity index (χ1v) is 10.1. The van der Waals surface area contributed by atoms with Gasteiger partial charge in [0.1, 0.15) is 17.1 Å². The lowest BCUT2D eigenvalue weighted by Gasteiger charge is -2.18. The van der Waals surface area contributed by atoms with Gasteiger partial charge in [-0.3, -0.25) is 0 Å². The van der Waals surface area contributed by atoms with Crippen LogP contribution in [0.15, 0.2) is 57.7 Å². The van der Waals surface area contributed by atoms with Gasteiger partial charge in [0, 0.05) is 0 Å². The molecule has 1 aromatic heterocycles. The van der Waals surface area contributed by atoms with E-state index in [1.54, 1.807) is 19.1 Å². The molecule has 1 aliphatic rings. The molecule has 2 atom stereocenters. The van der Waals surface area contributed by atoms with Crippen molar-refractivity contribution in [3.8, 4) is 11.5 Å². The molecule has 0 N–H and O–H groups in total.